The Morgan fingerprint density at radius 3 is 2.56 bits per heavy atom. The van der Waals surface area contributed by atoms with Crippen molar-refractivity contribution >= 4 is 12.1 Å². The molecule has 0 saturated carbocycles. The predicted octanol–water partition coefficient (Wildman–Crippen LogP) is 2.87. The zero-order valence-electron chi connectivity index (χ0n) is 15.5. The molecule has 6 nitrogen and oxygen atoms in total. The second-order valence-corrected chi connectivity index (χ2v) is 7.35. The van der Waals surface area contributed by atoms with Crippen LogP contribution in [0.25, 0.3) is 0 Å². The quantitative estimate of drug-likeness (QED) is 0.849. The van der Waals surface area contributed by atoms with Gasteiger partial charge in [0.15, 0.2) is 0 Å². The van der Waals surface area contributed by atoms with E-state index in [0.717, 1.165) is 11.1 Å². The number of β-amino-alcohol motifs (C(OH)–C–C–N with tert-alkyl or cyclic N) is 1. The summed E-state index contributed by atoms with van der Waals surface area (Å²) < 4.78 is 10.4. The van der Waals surface area contributed by atoms with Gasteiger partial charge in [-0.2, -0.15) is 0 Å². The average Bonchev–Trinajstić information content (AvgIpc) is 2.88. The lowest BCUT2D eigenvalue weighted by atomic mass is 9.91. The number of ether oxygens (including phenoxy) is 2. The van der Waals surface area contributed by atoms with Crippen LogP contribution in [0.15, 0.2) is 18.2 Å². The summed E-state index contributed by atoms with van der Waals surface area (Å²) in [5, 5.41) is 10.5. The minimum absolute atomic E-state index is 0.211. The third-order valence-corrected chi connectivity index (χ3v) is 4.13. The van der Waals surface area contributed by atoms with E-state index >= 15 is 0 Å². The van der Waals surface area contributed by atoms with Crippen molar-refractivity contribution in [1.29, 1.82) is 0 Å². The molecule has 25 heavy (non-hydrogen) atoms. The zero-order chi connectivity index (χ0) is 18.8. The number of hydrogen-bond acceptors (Lipinski definition) is 5. The molecule has 1 fully saturated rings. The molecule has 1 amide bonds. The van der Waals surface area contributed by atoms with Crippen LogP contribution >= 0.6 is 0 Å². The fourth-order valence-corrected chi connectivity index (χ4v) is 2.95. The molecule has 0 aromatic heterocycles. The molecule has 1 aromatic carbocycles. The van der Waals surface area contributed by atoms with E-state index in [9.17, 15) is 14.7 Å². The summed E-state index contributed by atoms with van der Waals surface area (Å²) in [6.07, 6.45) is -1.14. The minimum Gasteiger partial charge on any atom is -0.462 e. The number of carbonyl (C=O) groups is 2. The van der Waals surface area contributed by atoms with Crippen molar-refractivity contribution < 1.29 is 24.2 Å². The summed E-state index contributed by atoms with van der Waals surface area (Å²) in [6, 6.07) is 5.30. The summed E-state index contributed by atoms with van der Waals surface area (Å²) in [7, 11) is 0. The number of rotatable bonds is 3. The normalized spacial score (nSPS) is 20.5. The van der Waals surface area contributed by atoms with Gasteiger partial charge in [-0.15, -0.1) is 0 Å². The van der Waals surface area contributed by atoms with Crippen molar-refractivity contribution in [3.8, 4) is 0 Å². The van der Waals surface area contributed by atoms with Gasteiger partial charge in [0.05, 0.1) is 24.8 Å². The monoisotopic (exact) mass is 349 g/mol. The van der Waals surface area contributed by atoms with Gasteiger partial charge < -0.3 is 19.5 Å². The number of aryl methyl sites for hydroxylation is 1. The summed E-state index contributed by atoms with van der Waals surface area (Å²) in [6.45, 7) is 9.97. The van der Waals surface area contributed by atoms with Crippen LogP contribution in [-0.2, 0) is 9.47 Å². The number of hydrogen-bond donors (Lipinski definition) is 1. The van der Waals surface area contributed by atoms with Crippen LogP contribution in [0.3, 0.4) is 0 Å². The lowest BCUT2D eigenvalue weighted by Gasteiger charge is -2.24. The smallest absolute Gasteiger partial charge is 0.410 e. The first-order chi connectivity index (χ1) is 11.6. The third kappa shape index (κ3) is 4.72. The Bertz CT molecular complexity index is 650. The topological polar surface area (TPSA) is 76.1 Å². The summed E-state index contributed by atoms with van der Waals surface area (Å²) in [5.74, 6) is -0.651. The highest BCUT2D eigenvalue weighted by molar-refractivity contribution is 5.89. The van der Waals surface area contributed by atoms with Gasteiger partial charge in [0.25, 0.3) is 0 Å². The molecule has 0 radical (unpaired) electrons. The van der Waals surface area contributed by atoms with Crippen molar-refractivity contribution in [3.05, 3.63) is 34.9 Å². The molecular weight excluding hydrogens is 322 g/mol. The molecule has 1 aliphatic rings. The fourth-order valence-electron chi connectivity index (χ4n) is 2.95. The molecular formula is C19H27NO5. The number of esters is 1. The van der Waals surface area contributed by atoms with E-state index in [4.69, 9.17) is 9.47 Å². The van der Waals surface area contributed by atoms with E-state index in [1.54, 1.807) is 19.1 Å². The number of aliphatic hydroxyl groups excluding tert-OH is 1. The first-order valence-electron chi connectivity index (χ1n) is 8.56. The Morgan fingerprint density at radius 1 is 1.28 bits per heavy atom. The Kier molecular flexibility index (Phi) is 5.72. The van der Waals surface area contributed by atoms with E-state index in [0.29, 0.717) is 18.7 Å². The highest BCUT2D eigenvalue weighted by Crippen LogP contribution is 2.31. The van der Waals surface area contributed by atoms with Gasteiger partial charge in [-0.1, -0.05) is 6.07 Å². The molecule has 0 spiro atoms. The van der Waals surface area contributed by atoms with E-state index in [1.165, 1.54) is 4.90 Å². The lowest BCUT2D eigenvalue weighted by Crippen LogP contribution is -2.35. The second kappa shape index (κ2) is 7.44. The van der Waals surface area contributed by atoms with E-state index in [1.807, 2.05) is 33.8 Å². The maximum atomic E-state index is 12.2. The molecule has 6 heteroatoms. The molecule has 0 bridgehead atoms. The fraction of sp³-hybridized carbons (Fsp3) is 0.579. The maximum Gasteiger partial charge on any atom is 0.410 e. The number of aliphatic hydroxyl groups is 1. The van der Waals surface area contributed by atoms with Gasteiger partial charge in [0.1, 0.15) is 5.60 Å². The van der Waals surface area contributed by atoms with Crippen LogP contribution in [0.1, 0.15) is 55.1 Å². The van der Waals surface area contributed by atoms with Crippen LogP contribution in [0.4, 0.5) is 4.79 Å². The molecule has 1 aromatic rings. The predicted molar refractivity (Wildman–Crippen MR) is 93.7 cm³/mol. The van der Waals surface area contributed by atoms with Gasteiger partial charge in [0, 0.05) is 12.5 Å². The van der Waals surface area contributed by atoms with Gasteiger partial charge >= 0.3 is 12.1 Å². The Hall–Kier alpha value is -2.08. The van der Waals surface area contributed by atoms with Crippen LogP contribution in [-0.4, -0.2) is 53.5 Å². The zero-order valence-corrected chi connectivity index (χ0v) is 15.5. The first kappa shape index (κ1) is 19.2. The Morgan fingerprint density at radius 2 is 1.96 bits per heavy atom. The van der Waals surface area contributed by atoms with Crippen molar-refractivity contribution in [2.45, 2.75) is 52.2 Å². The Labute approximate surface area is 148 Å². The van der Waals surface area contributed by atoms with Crippen LogP contribution in [0.2, 0.25) is 0 Å². The van der Waals surface area contributed by atoms with Crippen molar-refractivity contribution in [2.75, 3.05) is 19.7 Å². The van der Waals surface area contributed by atoms with Crippen LogP contribution in [0.5, 0.6) is 0 Å². The molecule has 2 rings (SSSR count). The van der Waals surface area contributed by atoms with Gasteiger partial charge in [-0.25, -0.2) is 9.59 Å². The molecule has 1 N–H and O–H groups in total. The molecule has 1 aliphatic heterocycles. The van der Waals surface area contributed by atoms with Crippen LogP contribution in [0, 0.1) is 6.92 Å². The Balaban J connectivity index is 2.20. The lowest BCUT2D eigenvalue weighted by molar-refractivity contribution is 0.0269. The summed E-state index contributed by atoms with van der Waals surface area (Å²) >= 11 is 0. The molecule has 1 heterocycles. The van der Waals surface area contributed by atoms with Gasteiger partial charge in [-0.05, 0) is 57.9 Å². The number of amides is 1. The second-order valence-electron chi connectivity index (χ2n) is 7.35. The molecule has 0 unspecified atom stereocenters. The van der Waals surface area contributed by atoms with Gasteiger partial charge in [0.2, 0.25) is 0 Å². The third-order valence-electron chi connectivity index (χ3n) is 4.13. The number of carbonyl (C=O) groups excluding carboxylic acids is 2. The summed E-state index contributed by atoms with van der Waals surface area (Å²) in [5.41, 5.74) is 1.68. The van der Waals surface area contributed by atoms with Crippen LogP contribution < -0.4 is 0 Å². The van der Waals surface area contributed by atoms with Crippen molar-refractivity contribution in [3.63, 3.8) is 0 Å². The van der Waals surface area contributed by atoms with E-state index < -0.39 is 17.8 Å². The van der Waals surface area contributed by atoms with E-state index in [-0.39, 0.29) is 18.4 Å². The maximum absolute atomic E-state index is 12.2. The van der Waals surface area contributed by atoms with Gasteiger partial charge in [-0.3, -0.25) is 0 Å². The average molecular weight is 349 g/mol. The van der Waals surface area contributed by atoms with E-state index in [2.05, 4.69) is 0 Å². The first-order valence-corrected chi connectivity index (χ1v) is 8.56. The molecule has 1 saturated heterocycles. The highest BCUT2D eigenvalue weighted by Gasteiger charge is 2.37. The molecule has 2 atom stereocenters. The number of nitrogens with zero attached hydrogens (tertiary/aromatic N) is 1. The summed E-state index contributed by atoms with van der Waals surface area (Å²) in [4.78, 5) is 25.7. The molecule has 138 valence electrons. The van der Waals surface area contributed by atoms with Crippen molar-refractivity contribution in [2.24, 2.45) is 0 Å². The number of likely N-dealkylation sites (tertiary alicyclic amines) is 1. The number of benzene rings is 1. The van der Waals surface area contributed by atoms with Crippen molar-refractivity contribution in [1.82, 2.24) is 4.90 Å². The standard InChI is InChI=1S/C19H27NO5/c1-6-24-17(22)13-8-7-12(2)14(9-13)15-10-20(11-16(15)21)18(23)25-19(3,4)5/h7-9,15-16,21H,6,10-11H2,1-5H3/t15-,16+/m1/s1. The highest BCUT2D eigenvalue weighted by atomic mass is 16.6. The largest absolute Gasteiger partial charge is 0.462 e. The minimum atomic E-state index is -0.705. The molecule has 0 aliphatic carbocycles. The SMILES string of the molecule is CCOC(=O)c1ccc(C)c([C@H]2CN(C(=O)OC(C)(C)C)C[C@@H]2O)c1.